The lowest BCUT2D eigenvalue weighted by molar-refractivity contribution is 0.629. The second kappa shape index (κ2) is 10.6. The molecular formula is C26H28FN7S. The highest BCUT2D eigenvalue weighted by Crippen LogP contribution is 2.20. The molecule has 2 heterocycles. The molecule has 0 saturated heterocycles. The van der Waals surface area contributed by atoms with Crippen LogP contribution in [-0.4, -0.2) is 32.6 Å². The number of aromatic amines is 1. The average molecular weight is 490 g/mol. The van der Waals surface area contributed by atoms with E-state index in [1.165, 1.54) is 17.7 Å². The molecule has 35 heavy (non-hydrogen) atoms. The van der Waals surface area contributed by atoms with E-state index in [9.17, 15) is 4.39 Å². The zero-order chi connectivity index (χ0) is 24.9. The van der Waals surface area contributed by atoms with Gasteiger partial charge < -0.3 is 15.6 Å². The van der Waals surface area contributed by atoms with Crippen LogP contribution in [0, 0.1) is 33.5 Å². The first-order chi connectivity index (χ1) is 16.8. The Kier molecular flexibility index (Phi) is 7.36. The Bertz CT molecular complexity index is 1390. The van der Waals surface area contributed by atoms with E-state index in [2.05, 4.69) is 42.0 Å². The lowest BCUT2D eigenvalue weighted by Gasteiger charge is -2.15. The molecular weight excluding hydrogens is 461 g/mol. The van der Waals surface area contributed by atoms with Crippen LogP contribution in [0.25, 0.3) is 10.9 Å². The van der Waals surface area contributed by atoms with Crippen molar-refractivity contribution in [3.8, 4) is 0 Å². The number of benzene rings is 2. The molecule has 0 spiro atoms. The van der Waals surface area contributed by atoms with Crippen molar-refractivity contribution < 1.29 is 4.39 Å². The van der Waals surface area contributed by atoms with Crippen LogP contribution in [0.4, 0.5) is 16.0 Å². The van der Waals surface area contributed by atoms with E-state index >= 15 is 0 Å². The van der Waals surface area contributed by atoms with Crippen LogP contribution in [0.15, 0.2) is 53.7 Å². The second-order valence-corrected chi connectivity index (χ2v) is 8.89. The molecule has 0 unspecified atom stereocenters. The Labute approximate surface area is 209 Å². The zero-order valence-electron chi connectivity index (χ0n) is 20.2. The summed E-state index contributed by atoms with van der Waals surface area (Å²) in [4.78, 5) is 16.7. The smallest absolute Gasteiger partial charge is 0.229 e. The van der Waals surface area contributed by atoms with Gasteiger partial charge in [0.25, 0.3) is 0 Å². The number of rotatable bonds is 5. The number of H-pyrrole nitrogens is 1. The summed E-state index contributed by atoms with van der Waals surface area (Å²) in [5.41, 5.74) is 6.75. The van der Waals surface area contributed by atoms with Gasteiger partial charge in [0.1, 0.15) is 5.82 Å². The number of aliphatic imine (C=N–C) groups is 1. The summed E-state index contributed by atoms with van der Waals surface area (Å²) in [5.74, 6) is 0.584. The van der Waals surface area contributed by atoms with Crippen LogP contribution in [0.3, 0.4) is 0 Å². The van der Waals surface area contributed by atoms with E-state index in [4.69, 9.17) is 12.2 Å². The molecule has 7 nitrogen and oxygen atoms in total. The fourth-order valence-electron chi connectivity index (χ4n) is 3.86. The predicted octanol–water partition coefficient (Wildman–Crippen LogP) is 5.33. The number of nitrogens with one attached hydrogen (secondary N) is 4. The third-order valence-electron chi connectivity index (χ3n) is 5.46. The van der Waals surface area contributed by atoms with Gasteiger partial charge in [-0.15, -0.1) is 0 Å². The first-order valence-corrected chi connectivity index (χ1v) is 11.7. The molecule has 0 saturated carbocycles. The molecule has 9 heteroatoms. The SMILES string of the molecule is Cc1ccc(NC(=S)NC(=NCCc2c[nH]c3ccc(F)cc23)Nc2nc(C)cc(C)n2)c(C)c1. The van der Waals surface area contributed by atoms with Gasteiger partial charge in [0.2, 0.25) is 11.9 Å². The summed E-state index contributed by atoms with van der Waals surface area (Å²) < 4.78 is 13.7. The molecule has 2 aromatic carbocycles. The first-order valence-electron chi connectivity index (χ1n) is 11.3. The van der Waals surface area contributed by atoms with Crippen LogP contribution < -0.4 is 16.0 Å². The Balaban J connectivity index is 1.52. The lowest BCUT2D eigenvalue weighted by Crippen LogP contribution is -2.39. The number of hydrogen-bond acceptors (Lipinski definition) is 4. The number of guanidine groups is 1. The van der Waals surface area contributed by atoms with Gasteiger partial charge >= 0.3 is 0 Å². The van der Waals surface area contributed by atoms with E-state index in [1.54, 1.807) is 6.07 Å². The van der Waals surface area contributed by atoms with E-state index in [-0.39, 0.29) is 5.82 Å². The van der Waals surface area contributed by atoms with E-state index < -0.39 is 0 Å². The van der Waals surface area contributed by atoms with Crippen LogP contribution in [-0.2, 0) is 6.42 Å². The maximum atomic E-state index is 13.7. The number of hydrogen-bond donors (Lipinski definition) is 4. The minimum Gasteiger partial charge on any atom is -0.361 e. The summed E-state index contributed by atoms with van der Waals surface area (Å²) in [6.45, 7) is 8.33. The van der Waals surface area contributed by atoms with Crippen LogP contribution in [0.5, 0.6) is 0 Å². The Morgan fingerprint density at radius 2 is 1.77 bits per heavy atom. The second-order valence-electron chi connectivity index (χ2n) is 8.48. The minimum absolute atomic E-state index is 0.263. The van der Waals surface area contributed by atoms with Crippen molar-refractivity contribution >= 4 is 45.8 Å². The number of halogens is 1. The van der Waals surface area contributed by atoms with Crippen molar-refractivity contribution in [2.24, 2.45) is 4.99 Å². The fraction of sp³-hybridized carbons (Fsp3) is 0.231. The molecule has 4 rings (SSSR count). The van der Waals surface area contributed by atoms with Crippen LogP contribution in [0.2, 0.25) is 0 Å². The largest absolute Gasteiger partial charge is 0.361 e. The maximum absolute atomic E-state index is 13.7. The summed E-state index contributed by atoms with van der Waals surface area (Å²) in [6.07, 6.45) is 2.50. The molecule has 0 bridgehead atoms. The number of anilines is 2. The third-order valence-corrected chi connectivity index (χ3v) is 5.66. The predicted molar refractivity (Wildman–Crippen MR) is 145 cm³/mol. The van der Waals surface area contributed by atoms with Gasteiger partial charge in [-0.3, -0.25) is 10.3 Å². The monoisotopic (exact) mass is 489 g/mol. The number of aryl methyl sites for hydroxylation is 4. The Morgan fingerprint density at radius 3 is 2.51 bits per heavy atom. The Hall–Kier alpha value is -3.85. The highest BCUT2D eigenvalue weighted by molar-refractivity contribution is 7.80. The van der Waals surface area contributed by atoms with Gasteiger partial charge in [-0.2, -0.15) is 0 Å². The summed E-state index contributed by atoms with van der Waals surface area (Å²) >= 11 is 5.55. The normalized spacial score (nSPS) is 11.5. The summed E-state index contributed by atoms with van der Waals surface area (Å²) in [7, 11) is 0. The number of fused-ring (bicyclic) bond motifs is 1. The molecule has 180 valence electrons. The van der Waals surface area contributed by atoms with Crippen LogP contribution >= 0.6 is 12.2 Å². The summed E-state index contributed by atoms with van der Waals surface area (Å²) in [6, 6.07) is 12.7. The maximum Gasteiger partial charge on any atom is 0.229 e. The highest BCUT2D eigenvalue weighted by Gasteiger charge is 2.09. The molecule has 0 aliphatic carbocycles. The lowest BCUT2D eigenvalue weighted by atomic mass is 10.1. The molecule has 0 amide bonds. The molecule has 0 atom stereocenters. The van der Waals surface area contributed by atoms with E-state index in [0.29, 0.717) is 30.0 Å². The molecule has 0 radical (unpaired) electrons. The quantitative estimate of drug-likeness (QED) is 0.172. The minimum atomic E-state index is -0.263. The number of thiocarbonyl (C=S) groups is 1. The molecule has 0 fully saturated rings. The fourth-order valence-corrected chi connectivity index (χ4v) is 4.07. The van der Waals surface area contributed by atoms with Crippen molar-refractivity contribution in [2.75, 3.05) is 17.2 Å². The van der Waals surface area contributed by atoms with Gasteiger partial charge in [-0.25, -0.2) is 14.4 Å². The van der Waals surface area contributed by atoms with Gasteiger partial charge in [0.15, 0.2) is 5.11 Å². The average Bonchev–Trinajstić information content (AvgIpc) is 3.17. The first kappa shape index (κ1) is 24.3. The molecule has 2 aromatic heterocycles. The Morgan fingerprint density at radius 1 is 1.00 bits per heavy atom. The number of nitrogens with zero attached hydrogens (tertiary/aromatic N) is 3. The van der Waals surface area contributed by atoms with E-state index in [0.717, 1.165) is 39.1 Å². The van der Waals surface area contributed by atoms with Crippen molar-refractivity contribution in [2.45, 2.75) is 34.1 Å². The summed E-state index contributed by atoms with van der Waals surface area (Å²) in [5, 5.41) is 10.7. The van der Waals surface area contributed by atoms with Gasteiger partial charge in [-0.1, -0.05) is 17.7 Å². The van der Waals surface area contributed by atoms with Crippen LogP contribution in [0.1, 0.15) is 28.1 Å². The van der Waals surface area contributed by atoms with Gasteiger partial charge in [0, 0.05) is 40.7 Å². The third kappa shape index (κ3) is 6.39. The van der Waals surface area contributed by atoms with Crippen molar-refractivity contribution in [1.29, 1.82) is 0 Å². The highest BCUT2D eigenvalue weighted by atomic mass is 32.1. The zero-order valence-corrected chi connectivity index (χ0v) is 21.0. The molecule has 0 aliphatic rings. The van der Waals surface area contributed by atoms with Gasteiger partial charge in [0.05, 0.1) is 0 Å². The molecule has 4 aromatic rings. The van der Waals surface area contributed by atoms with Crippen molar-refractivity contribution in [3.63, 3.8) is 0 Å². The van der Waals surface area contributed by atoms with E-state index in [1.807, 2.05) is 52.1 Å². The standard InChI is InChI=1S/C26H28FN7S/c1-15-5-7-22(16(2)11-15)32-26(35)34-24(33-25-30-17(3)12-18(4)31-25)28-10-9-19-14-29-23-8-6-20(27)13-21(19)23/h5-8,11-14,29H,9-10H2,1-4H3,(H3,28,30,31,32,33,34,35). The topological polar surface area (TPSA) is 90.0 Å². The number of aromatic nitrogens is 3. The molecule has 4 N–H and O–H groups in total. The molecule has 0 aliphatic heterocycles. The van der Waals surface area contributed by atoms with Gasteiger partial charge in [-0.05, 0) is 87.8 Å². The van der Waals surface area contributed by atoms with Crippen molar-refractivity contribution in [1.82, 2.24) is 20.3 Å². The van der Waals surface area contributed by atoms with Crippen molar-refractivity contribution in [3.05, 3.63) is 82.6 Å².